The molecule has 0 saturated carbocycles. The van der Waals surface area contributed by atoms with E-state index in [1.54, 1.807) is 0 Å². The Balaban J connectivity index is 2.85. The first-order valence-electron chi connectivity index (χ1n) is 5.58. The number of nitrogens with zero attached hydrogens (tertiary/aromatic N) is 1. The molecule has 0 fully saturated rings. The summed E-state index contributed by atoms with van der Waals surface area (Å²) in [4.78, 5) is 9.95. The molecule has 0 amide bonds. The largest absolute Gasteiger partial charge is 0.488 e. The topological polar surface area (TPSA) is 72.6 Å². The second-order valence-corrected chi connectivity index (χ2v) is 4.45. The molecule has 100 valence electrons. The minimum Gasteiger partial charge on any atom is -0.488 e. The highest BCUT2D eigenvalue weighted by molar-refractivity contribution is 5.45. The van der Waals surface area contributed by atoms with Gasteiger partial charge in [0.15, 0.2) is 11.6 Å². The van der Waals surface area contributed by atoms with E-state index in [0.717, 1.165) is 6.07 Å². The van der Waals surface area contributed by atoms with Crippen LogP contribution in [0, 0.1) is 28.8 Å². The first-order valence-corrected chi connectivity index (χ1v) is 5.58. The zero-order valence-corrected chi connectivity index (χ0v) is 10.5. The summed E-state index contributed by atoms with van der Waals surface area (Å²) in [6.45, 7) is 5.08. The molecule has 1 rings (SSSR count). The molecule has 1 unspecified atom stereocenters. The average Bonchev–Trinajstić information content (AvgIpc) is 2.28. The summed E-state index contributed by atoms with van der Waals surface area (Å²) >= 11 is 0. The van der Waals surface area contributed by atoms with Crippen LogP contribution in [0.5, 0.6) is 5.75 Å². The van der Waals surface area contributed by atoms with E-state index in [0.29, 0.717) is 5.56 Å². The molecule has 18 heavy (non-hydrogen) atoms. The number of aliphatic hydroxyl groups excluding tert-OH is 1. The molecule has 1 aromatic rings. The SMILES string of the molecule is Cc1cc(OCC(O)C(C)C)c(F)cc1[N+](=O)[O-]. The smallest absolute Gasteiger partial charge is 0.275 e. The van der Waals surface area contributed by atoms with Crippen LogP contribution < -0.4 is 4.74 Å². The maximum Gasteiger partial charge on any atom is 0.275 e. The van der Waals surface area contributed by atoms with Crippen LogP contribution in [-0.2, 0) is 0 Å². The molecule has 5 nitrogen and oxygen atoms in total. The first-order chi connectivity index (χ1) is 8.32. The van der Waals surface area contributed by atoms with Crippen molar-refractivity contribution >= 4 is 5.69 Å². The van der Waals surface area contributed by atoms with Crippen molar-refractivity contribution in [3.63, 3.8) is 0 Å². The molecule has 0 radical (unpaired) electrons. The number of aryl methyl sites for hydroxylation is 1. The molecule has 0 aliphatic heterocycles. The maximum atomic E-state index is 13.5. The van der Waals surface area contributed by atoms with Crippen molar-refractivity contribution in [3.8, 4) is 5.75 Å². The van der Waals surface area contributed by atoms with Crippen LogP contribution in [0.15, 0.2) is 12.1 Å². The van der Waals surface area contributed by atoms with Crippen LogP contribution in [0.1, 0.15) is 19.4 Å². The van der Waals surface area contributed by atoms with Gasteiger partial charge in [0, 0.05) is 5.56 Å². The van der Waals surface area contributed by atoms with Gasteiger partial charge < -0.3 is 9.84 Å². The molecular formula is C12H16FNO4. The lowest BCUT2D eigenvalue weighted by Gasteiger charge is -2.15. The van der Waals surface area contributed by atoms with Gasteiger partial charge in [0.1, 0.15) is 6.61 Å². The number of nitro groups is 1. The number of nitro benzene ring substituents is 1. The normalized spacial score (nSPS) is 12.6. The predicted molar refractivity (Wildman–Crippen MR) is 64.1 cm³/mol. The fourth-order valence-corrected chi connectivity index (χ4v) is 1.32. The Morgan fingerprint density at radius 3 is 2.61 bits per heavy atom. The predicted octanol–water partition coefficient (Wildman–Crippen LogP) is 2.44. The summed E-state index contributed by atoms with van der Waals surface area (Å²) < 4.78 is 18.7. The Morgan fingerprint density at radius 2 is 2.11 bits per heavy atom. The lowest BCUT2D eigenvalue weighted by molar-refractivity contribution is -0.385. The van der Waals surface area contributed by atoms with E-state index >= 15 is 0 Å². The van der Waals surface area contributed by atoms with Crippen LogP contribution >= 0.6 is 0 Å². The van der Waals surface area contributed by atoms with Crippen molar-refractivity contribution in [1.82, 2.24) is 0 Å². The van der Waals surface area contributed by atoms with Crippen molar-refractivity contribution in [2.45, 2.75) is 26.9 Å². The van der Waals surface area contributed by atoms with Crippen LogP contribution in [0.25, 0.3) is 0 Å². The Hall–Kier alpha value is -1.69. The average molecular weight is 257 g/mol. The molecular weight excluding hydrogens is 241 g/mol. The third kappa shape index (κ3) is 3.40. The van der Waals surface area contributed by atoms with Crippen LogP contribution in [0.3, 0.4) is 0 Å². The van der Waals surface area contributed by atoms with Gasteiger partial charge in [0.2, 0.25) is 0 Å². The highest BCUT2D eigenvalue weighted by atomic mass is 19.1. The molecule has 1 N–H and O–H groups in total. The Morgan fingerprint density at radius 1 is 1.50 bits per heavy atom. The van der Waals surface area contributed by atoms with E-state index in [1.807, 2.05) is 13.8 Å². The summed E-state index contributed by atoms with van der Waals surface area (Å²) in [7, 11) is 0. The number of aliphatic hydroxyl groups is 1. The van der Waals surface area contributed by atoms with Crippen molar-refractivity contribution in [1.29, 1.82) is 0 Å². The Bertz CT molecular complexity index is 448. The molecule has 0 saturated heterocycles. The van der Waals surface area contributed by atoms with Crippen molar-refractivity contribution in [3.05, 3.63) is 33.6 Å². The summed E-state index contributed by atoms with van der Waals surface area (Å²) in [6, 6.07) is 2.09. The third-order valence-corrected chi connectivity index (χ3v) is 2.63. The van der Waals surface area contributed by atoms with E-state index in [1.165, 1.54) is 13.0 Å². The second kappa shape index (κ2) is 5.77. The van der Waals surface area contributed by atoms with Gasteiger partial charge in [-0.2, -0.15) is 0 Å². The quantitative estimate of drug-likeness (QED) is 0.649. The van der Waals surface area contributed by atoms with Gasteiger partial charge in [-0.05, 0) is 18.9 Å². The number of benzene rings is 1. The minimum atomic E-state index is -0.803. The van der Waals surface area contributed by atoms with E-state index in [-0.39, 0.29) is 24.0 Å². The fourth-order valence-electron chi connectivity index (χ4n) is 1.32. The van der Waals surface area contributed by atoms with E-state index in [9.17, 15) is 19.6 Å². The van der Waals surface area contributed by atoms with Gasteiger partial charge >= 0.3 is 0 Å². The van der Waals surface area contributed by atoms with Gasteiger partial charge in [-0.3, -0.25) is 10.1 Å². The second-order valence-electron chi connectivity index (χ2n) is 4.45. The zero-order chi connectivity index (χ0) is 13.9. The van der Waals surface area contributed by atoms with Crippen LogP contribution in [-0.4, -0.2) is 22.7 Å². The van der Waals surface area contributed by atoms with Crippen LogP contribution in [0.2, 0.25) is 0 Å². The monoisotopic (exact) mass is 257 g/mol. The Labute approximate surface area is 104 Å². The zero-order valence-electron chi connectivity index (χ0n) is 10.5. The Kier molecular flexibility index (Phi) is 4.61. The molecule has 1 atom stereocenters. The lowest BCUT2D eigenvalue weighted by Crippen LogP contribution is -2.23. The summed E-state index contributed by atoms with van der Waals surface area (Å²) in [6.07, 6.45) is -0.708. The molecule has 0 aromatic heterocycles. The number of hydrogen-bond acceptors (Lipinski definition) is 4. The summed E-state index contributed by atoms with van der Waals surface area (Å²) in [5.74, 6) is -0.895. The highest BCUT2D eigenvalue weighted by Gasteiger charge is 2.17. The molecule has 1 aromatic carbocycles. The van der Waals surface area contributed by atoms with Gasteiger partial charge in [-0.15, -0.1) is 0 Å². The molecule has 6 heteroatoms. The number of rotatable bonds is 5. The third-order valence-electron chi connectivity index (χ3n) is 2.63. The summed E-state index contributed by atoms with van der Waals surface area (Å²) in [5.41, 5.74) is 0.0275. The molecule has 0 aliphatic rings. The molecule has 0 spiro atoms. The standard InChI is InChI=1S/C12H16FNO4/c1-7(2)11(15)6-18-12-4-8(3)10(14(16)17)5-9(12)13/h4-5,7,11,15H,6H2,1-3H3. The van der Waals surface area contributed by atoms with E-state index < -0.39 is 16.8 Å². The van der Waals surface area contributed by atoms with Crippen molar-refractivity contribution in [2.24, 2.45) is 5.92 Å². The maximum absolute atomic E-state index is 13.5. The number of halogens is 1. The van der Waals surface area contributed by atoms with Crippen molar-refractivity contribution in [2.75, 3.05) is 6.61 Å². The number of hydrogen-bond donors (Lipinski definition) is 1. The molecule has 0 aliphatic carbocycles. The van der Waals surface area contributed by atoms with Crippen molar-refractivity contribution < 1.29 is 19.2 Å². The van der Waals surface area contributed by atoms with Crippen LogP contribution in [0.4, 0.5) is 10.1 Å². The van der Waals surface area contributed by atoms with Gasteiger partial charge in [-0.25, -0.2) is 4.39 Å². The van der Waals surface area contributed by atoms with Gasteiger partial charge in [0.25, 0.3) is 5.69 Å². The lowest BCUT2D eigenvalue weighted by atomic mass is 10.1. The van der Waals surface area contributed by atoms with E-state index in [4.69, 9.17) is 4.74 Å². The fraction of sp³-hybridized carbons (Fsp3) is 0.500. The van der Waals surface area contributed by atoms with Gasteiger partial charge in [0.05, 0.1) is 17.1 Å². The molecule has 0 heterocycles. The highest BCUT2D eigenvalue weighted by Crippen LogP contribution is 2.27. The van der Waals surface area contributed by atoms with E-state index in [2.05, 4.69) is 0 Å². The van der Waals surface area contributed by atoms with Gasteiger partial charge in [-0.1, -0.05) is 13.8 Å². The number of ether oxygens (including phenoxy) is 1. The minimum absolute atomic E-state index is 0.00722. The summed E-state index contributed by atoms with van der Waals surface area (Å²) in [5, 5.41) is 20.1. The molecule has 0 bridgehead atoms. The first kappa shape index (κ1) is 14.4.